The number of carbonyl (C=O) groups excluding carboxylic acids is 2. The lowest BCUT2D eigenvalue weighted by atomic mass is 10.0. The molecule has 40 heavy (non-hydrogen) atoms. The molecule has 4 rings (SSSR count). The van der Waals surface area contributed by atoms with Gasteiger partial charge in [-0.05, 0) is 70.6 Å². The zero-order valence-corrected chi connectivity index (χ0v) is 24.3. The van der Waals surface area contributed by atoms with Crippen molar-refractivity contribution in [3.63, 3.8) is 0 Å². The highest BCUT2D eigenvalue weighted by Crippen LogP contribution is 2.38. The molecule has 1 atom stereocenters. The van der Waals surface area contributed by atoms with Crippen molar-refractivity contribution < 1.29 is 22.8 Å². The van der Waals surface area contributed by atoms with Crippen molar-refractivity contribution >= 4 is 46.8 Å². The molecule has 3 heterocycles. The van der Waals surface area contributed by atoms with E-state index in [4.69, 9.17) is 17.5 Å². The molecule has 2 fully saturated rings. The number of alkyl halides is 3. The third-order valence-electron chi connectivity index (χ3n) is 7.65. The molecule has 0 spiro atoms. The minimum atomic E-state index is -4.73. The standard InChI is InChI=1S/C26H32F3N7O2S2/c1-24(2)21(37)36(19-8-7-18(16-30)20(15-19)26(27,28)29)23(39)35(24)10-6-4-5-9-33-11-13-34(14-12-33)22(38)25(3)17-40-32-31-25/h7-8,15H,4-6,9-14,17H2,1-3H3. The van der Waals surface area contributed by atoms with Crippen LogP contribution in [0.3, 0.4) is 0 Å². The summed E-state index contributed by atoms with van der Waals surface area (Å²) in [5, 5.41) is 13.4. The van der Waals surface area contributed by atoms with Crippen molar-refractivity contribution in [2.45, 2.75) is 57.3 Å². The smallest absolute Gasteiger partial charge is 0.338 e. The van der Waals surface area contributed by atoms with Gasteiger partial charge in [0.1, 0.15) is 5.54 Å². The molecular formula is C26H32F3N7O2S2. The molecule has 0 saturated carbocycles. The number of nitrogens with zero attached hydrogens (tertiary/aromatic N) is 7. The molecule has 3 aliphatic heterocycles. The van der Waals surface area contributed by atoms with Crippen LogP contribution in [0.2, 0.25) is 0 Å². The quantitative estimate of drug-likeness (QED) is 0.249. The SMILES string of the molecule is CC1(C(=O)N2CCN(CCCCCN3C(=S)N(c4ccc(C#N)c(C(F)(F)F)c4)C(=O)C3(C)C)CC2)CSN=N1. The maximum absolute atomic E-state index is 13.5. The second-order valence-corrected chi connectivity index (χ2v) is 12.0. The maximum atomic E-state index is 13.5. The molecule has 0 radical (unpaired) electrons. The molecule has 1 aromatic carbocycles. The Morgan fingerprint density at radius 3 is 2.40 bits per heavy atom. The lowest BCUT2D eigenvalue weighted by Gasteiger charge is -2.37. The number of piperazine rings is 1. The van der Waals surface area contributed by atoms with Gasteiger partial charge in [-0.25, -0.2) is 0 Å². The number of halogens is 3. The molecule has 9 nitrogen and oxygen atoms in total. The summed E-state index contributed by atoms with van der Waals surface area (Å²) >= 11 is 6.87. The zero-order valence-electron chi connectivity index (χ0n) is 22.7. The molecule has 1 aromatic rings. The number of unbranched alkanes of at least 4 members (excludes halogenated alkanes) is 2. The molecule has 2 amide bonds. The van der Waals surface area contributed by atoms with E-state index in [1.54, 1.807) is 24.8 Å². The lowest BCUT2D eigenvalue weighted by molar-refractivity contribution is -0.138. The van der Waals surface area contributed by atoms with Gasteiger partial charge in [-0.2, -0.15) is 23.5 Å². The fourth-order valence-electron chi connectivity index (χ4n) is 5.15. The van der Waals surface area contributed by atoms with E-state index in [1.807, 2.05) is 11.8 Å². The number of thiocarbonyl (C=S) groups is 1. The molecule has 0 bridgehead atoms. The minimum Gasteiger partial charge on any atom is -0.338 e. The first-order valence-corrected chi connectivity index (χ1v) is 14.5. The minimum absolute atomic E-state index is 0.00160. The number of hydrogen-bond donors (Lipinski definition) is 0. The summed E-state index contributed by atoms with van der Waals surface area (Å²) in [6.07, 6.45) is -2.17. The Morgan fingerprint density at radius 1 is 1.12 bits per heavy atom. The van der Waals surface area contributed by atoms with Gasteiger partial charge in [0, 0.05) is 44.7 Å². The van der Waals surface area contributed by atoms with Gasteiger partial charge in [0.15, 0.2) is 10.7 Å². The first-order chi connectivity index (χ1) is 18.8. The predicted octanol–water partition coefficient (Wildman–Crippen LogP) is 4.48. The van der Waals surface area contributed by atoms with Gasteiger partial charge in [0.2, 0.25) is 0 Å². The molecule has 3 aliphatic rings. The Bertz CT molecular complexity index is 1240. The molecule has 0 aromatic heterocycles. The van der Waals surface area contributed by atoms with Gasteiger partial charge in [-0.15, -0.1) is 4.52 Å². The predicted molar refractivity (Wildman–Crippen MR) is 150 cm³/mol. The Labute approximate surface area is 241 Å². The van der Waals surface area contributed by atoms with Crippen molar-refractivity contribution in [2.75, 3.05) is 49.9 Å². The summed E-state index contributed by atoms with van der Waals surface area (Å²) in [6.45, 7) is 9.54. The van der Waals surface area contributed by atoms with Crippen LogP contribution in [0.15, 0.2) is 27.8 Å². The Morgan fingerprint density at radius 2 is 1.80 bits per heavy atom. The van der Waals surface area contributed by atoms with Crippen molar-refractivity contribution in [3.8, 4) is 6.07 Å². The topological polar surface area (TPSA) is 95.6 Å². The van der Waals surface area contributed by atoms with E-state index in [9.17, 15) is 22.8 Å². The second-order valence-electron chi connectivity index (χ2n) is 10.9. The van der Waals surface area contributed by atoms with Gasteiger partial charge in [0.25, 0.3) is 11.8 Å². The van der Waals surface area contributed by atoms with E-state index >= 15 is 0 Å². The molecule has 0 aliphatic carbocycles. The van der Waals surface area contributed by atoms with Crippen LogP contribution in [0.25, 0.3) is 0 Å². The number of hydrogen-bond acceptors (Lipinski definition) is 8. The van der Waals surface area contributed by atoms with Gasteiger partial charge in [0.05, 0.1) is 28.6 Å². The Balaban J connectivity index is 1.27. The van der Waals surface area contributed by atoms with Gasteiger partial charge in [-0.1, -0.05) is 6.42 Å². The number of benzene rings is 1. The monoisotopic (exact) mass is 595 g/mol. The highest BCUT2D eigenvalue weighted by atomic mass is 32.2. The third kappa shape index (κ3) is 5.96. The number of anilines is 1. The van der Waals surface area contributed by atoms with Crippen LogP contribution in [-0.2, 0) is 15.8 Å². The number of amides is 2. The normalized spacial score (nSPS) is 23.3. The Kier molecular flexibility index (Phi) is 8.77. The van der Waals surface area contributed by atoms with Crippen molar-refractivity contribution in [2.24, 2.45) is 9.63 Å². The Hall–Kier alpha value is -2.76. The molecule has 216 valence electrons. The average Bonchev–Trinajstić information content (AvgIpc) is 3.43. The molecule has 14 heteroatoms. The first kappa shape index (κ1) is 30.2. The van der Waals surface area contributed by atoms with Crippen LogP contribution in [0, 0.1) is 11.3 Å². The molecular weight excluding hydrogens is 563 g/mol. The van der Waals surface area contributed by atoms with Crippen LogP contribution in [0.1, 0.15) is 51.2 Å². The van der Waals surface area contributed by atoms with Crippen LogP contribution >= 0.6 is 24.2 Å². The number of rotatable bonds is 8. The summed E-state index contributed by atoms with van der Waals surface area (Å²) in [4.78, 5) is 33.1. The van der Waals surface area contributed by atoms with Crippen LogP contribution in [-0.4, -0.2) is 87.7 Å². The van der Waals surface area contributed by atoms with E-state index in [2.05, 4.69) is 14.5 Å². The highest BCUT2D eigenvalue weighted by molar-refractivity contribution is 7.98. The maximum Gasteiger partial charge on any atom is 0.417 e. The van der Waals surface area contributed by atoms with E-state index < -0.39 is 34.3 Å². The second kappa shape index (κ2) is 11.6. The van der Waals surface area contributed by atoms with Crippen molar-refractivity contribution in [3.05, 3.63) is 29.3 Å². The van der Waals surface area contributed by atoms with Crippen LogP contribution < -0.4 is 4.90 Å². The summed E-state index contributed by atoms with van der Waals surface area (Å²) in [5.74, 6) is 0.202. The zero-order chi connectivity index (χ0) is 29.3. The molecule has 1 unspecified atom stereocenters. The van der Waals surface area contributed by atoms with Gasteiger partial charge < -0.3 is 9.80 Å². The van der Waals surface area contributed by atoms with Crippen molar-refractivity contribution in [1.82, 2.24) is 14.7 Å². The fraction of sp³-hybridized carbons (Fsp3) is 0.615. The molecule has 2 saturated heterocycles. The average molecular weight is 596 g/mol. The van der Waals surface area contributed by atoms with E-state index in [0.717, 1.165) is 55.9 Å². The van der Waals surface area contributed by atoms with E-state index in [1.165, 1.54) is 18.0 Å². The summed E-state index contributed by atoms with van der Waals surface area (Å²) < 4.78 is 44.4. The van der Waals surface area contributed by atoms with Gasteiger partial charge >= 0.3 is 6.18 Å². The molecule has 0 N–H and O–H groups in total. The third-order valence-corrected chi connectivity index (χ3v) is 8.94. The van der Waals surface area contributed by atoms with Crippen LogP contribution in [0.4, 0.5) is 18.9 Å². The van der Waals surface area contributed by atoms with Gasteiger partial charge in [-0.3, -0.25) is 19.4 Å². The highest BCUT2D eigenvalue weighted by Gasteiger charge is 2.49. The van der Waals surface area contributed by atoms with Crippen molar-refractivity contribution in [1.29, 1.82) is 5.26 Å². The largest absolute Gasteiger partial charge is 0.417 e. The summed E-state index contributed by atoms with van der Waals surface area (Å²) in [7, 11) is 0. The number of nitriles is 1. The number of carbonyl (C=O) groups is 2. The lowest BCUT2D eigenvalue weighted by Crippen LogP contribution is -2.54. The first-order valence-electron chi connectivity index (χ1n) is 13.1. The summed E-state index contributed by atoms with van der Waals surface area (Å²) in [6, 6.07) is 4.76. The van der Waals surface area contributed by atoms with Crippen LogP contribution in [0.5, 0.6) is 0 Å². The fourth-order valence-corrected chi connectivity index (χ4v) is 6.38. The van der Waals surface area contributed by atoms with E-state index in [0.29, 0.717) is 25.4 Å². The van der Waals surface area contributed by atoms with E-state index in [-0.39, 0.29) is 16.7 Å². The summed E-state index contributed by atoms with van der Waals surface area (Å²) in [5.41, 5.74) is -3.37.